The smallest absolute Gasteiger partial charge is 0.750 e. The second-order valence-corrected chi connectivity index (χ2v) is 5.50. The normalized spacial score (nSPS) is 11.7. The van der Waals surface area contributed by atoms with Gasteiger partial charge in [-0.25, -0.2) is 4.21 Å². The molecule has 0 aromatic heterocycles. The van der Waals surface area contributed by atoms with E-state index >= 15 is 0 Å². The number of carboxylic acids is 2. The summed E-state index contributed by atoms with van der Waals surface area (Å²) in [5.74, 6) is -2.15. The van der Waals surface area contributed by atoms with E-state index in [-0.39, 0.29) is 42.4 Å². The zero-order valence-corrected chi connectivity index (χ0v) is 17.3. The average Bonchev–Trinajstić information content (AvgIpc) is 2.44. The van der Waals surface area contributed by atoms with Gasteiger partial charge >= 0.3 is 41.5 Å². The molecule has 0 aliphatic rings. The van der Waals surface area contributed by atoms with Gasteiger partial charge < -0.3 is 14.8 Å². The van der Waals surface area contributed by atoms with Gasteiger partial charge in [0.15, 0.2) is 0 Å². The predicted molar refractivity (Wildman–Crippen MR) is 82.0 cm³/mol. The maximum atomic E-state index is 10.5. The Morgan fingerprint density at radius 3 is 1.74 bits per heavy atom. The predicted octanol–water partition coefficient (Wildman–Crippen LogP) is -0.124. The molecule has 0 aromatic carbocycles. The van der Waals surface area contributed by atoms with Crippen LogP contribution >= 0.6 is 0 Å². The monoisotopic (exact) mass is 362 g/mol. The van der Waals surface area contributed by atoms with Gasteiger partial charge in [0.1, 0.15) is 0 Å². The van der Waals surface area contributed by atoms with E-state index in [9.17, 15) is 18.4 Å². The van der Waals surface area contributed by atoms with Crippen LogP contribution in [-0.4, -0.2) is 36.5 Å². The van der Waals surface area contributed by atoms with Crippen LogP contribution in [0.3, 0.4) is 0 Å². The molecule has 2 N–H and O–H groups in total. The Kier molecular flexibility index (Phi) is 20.4. The standard InChI is InChI=1S/C10H22O3S.C4H6O4.Na/c1-4-7-8-9-10(5-2,6-3)13-14(11)12;5-3(6)1-2-4(7)8;/h4-9H2,1-3H3,(H,11,12);1-2H2,(H,5,6)(H,7,8);/q;;+1/p-1. The van der Waals surface area contributed by atoms with E-state index in [2.05, 4.69) is 6.92 Å². The minimum Gasteiger partial charge on any atom is -0.750 e. The molecule has 0 heterocycles. The summed E-state index contributed by atoms with van der Waals surface area (Å²) in [4.78, 5) is 19.3. The summed E-state index contributed by atoms with van der Waals surface area (Å²) in [6.07, 6.45) is 5.06. The number of rotatable bonds is 11. The molecule has 132 valence electrons. The molecule has 0 amide bonds. The Hall–Kier alpha value is 0.0100. The molecule has 0 saturated heterocycles. The van der Waals surface area contributed by atoms with Crippen molar-refractivity contribution in [1.82, 2.24) is 0 Å². The van der Waals surface area contributed by atoms with Crippen LogP contribution in [-0.2, 0) is 25.1 Å². The number of hydrogen-bond acceptors (Lipinski definition) is 5. The van der Waals surface area contributed by atoms with Crippen molar-refractivity contribution in [3.63, 3.8) is 0 Å². The van der Waals surface area contributed by atoms with E-state index in [0.717, 1.165) is 38.5 Å². The first kappa shape index (κ1) is 27.8. The summed E-state index contributed by atoms with van der Waals surface area (Å²) in [6, 6.07) is 0. The van der Waals surface area contributed by atoms with E-state index in [1.165, 1.54) is 0 Å². The maximum Gasteiger partial charge on any atom is 1.00 e. The molecule has 1 unspecified atom stereocenters. The first-order valence-electron chi connectivity index (χ1n) is 7.45. The SMILES string of the molecule is CCCCCC(CC)(CC)OS(=O)[O-].O=C(O)CCC(=O)O.[Na+]. The Morgan fingerprint density at radius 2 is 1.48 bits per heavy atom. The molecule has 1 atom stereocenters. The second kappa shape index (κ2) is 16.9. The van der Waals surface area contributed by atoms with Gasteiger partial charge in [-0.15, -0.1) is 0 Å². The molecular formula is C14H27NaO7S. The molecule has 0 spiro atoms. The Morgan fingerprint density at radius 1 is 1.04 bits per heavy atom. The van der Waals surface area contributed by atoms with E-state index in [1.807, 2.05) is 13.8 Å². The third kappa shape index (κ3) is 18.2. The quantitative estimate of drug-likeness (QED) is 0.298. The van der Waals surface area contributed by atoms with Gasteiger partial charge in [-0.2, -0.15) is 0 Å². The molecule has 0 aliphatic heterocycles. The van der Waals surface area contributed by atoms with Crippen molar-refractivity contribution < 1.29 is 62.3 Å². The molecule has 23 heavy (non-hydrogen) atoms. The molecule has 0 bridgehead atoms. The molecule has 0 aromatic rings. The van der Waals surface area contributed by atoms with E-state index in [4.69, 9.17) is 14.4 Å². The summed E-state index contributed by atoms with van der Waals surface area (Å²) >= 11 is -2.39. The Labute approximate surface area is 163 Å². The summed E-state index contributed by atoms with van der Waals surface area (Å²) in [5.41, 5.74) is -0.457. The third-order valence-corrected chi connectivity index (χ3v) is 3.81. The van der Waals surface area contributed by atoms with Crippen molar-refractivity contribution in [2.75, 3.05) is 0 Å². The second-order valence-electron chi connectivity index (χ2n) is 4.92. The van der Waals surface area contributed by atoms with Gasteiger partial charge in [-0.05, 0) is 19.3 Å². The maximum absolute atomic E-state index is 10.5. The minimum absolute atomic E-state index is 0. The average molecular weight is 362 g/mol. The number of carbonyl (C=O) groups is 2. The third-order valence-electron chi connectivity index (χ3n) is 3.32. The Bertz CT molecular complexity index is 332. The van der Waals surface area contributed by atoms with Crippen LogP contribution in [0.1, 0.15) is 72.1 Å². The van der Waals surface area contributed by atoms with Gasteiger partial charge in [0.05, 0.1) is 29.8 Å². The summed E-state index contributed by atoms with van der Waals surface area (Å²) in [5, 5.41) is 15.8. The fourth-order valence-corrected chi connectivity index (χ4v) is 2.43. The van der Waals surface area contributed by atoms with Gasteiger partial charge in [-0.1, -0.05) is 40.0 Å². The van der Waals surface area contributed by atoms with Crippen LogP contribution in [0.15, 0.2) is 0 Å². The molecule has 7 nitrogen and oxygen atoms in total. The zero-order valence-electron chi connectivity index (χ0n) is 14.5. The summed E-state index contributed by atoms with van der Waals surface area (Å²) in [7, 11) is 0. The van der Waals surface area contributed by atoms with E-state index < -0.39 is 28.9 Å². The molecule has 0 rings (SSSR count). The minimum atomic E-state index is -2.39. The molecule has 9 heteroatoms. The molecule has 0 fully saturated rings. The number of carboxylic acid groups (broad SMARTS) is 2. The molecule has 0 saturated carbocycles. The van der Waals surface area contributed by atoms with Crippen molar-refractivity contribution in [1.29, 1.82) is 0 Å². The van der Waals surface area contributed by atoms with Crippen LogP contribution in [0, 0.1) is 0 Å². The van der Waals surface area contributed by atoms with Crippen LogP contribution < -0.4 is 29.6 Å². The topological polar surface area (TPSA) is 124 Å². The van der Waals surface area contributed by atoms with Gasteiger partial charge in [-0.3, -0.25) is 13.8 Å². The number of aliphatic carboxylic acids is 2. The van der Waals surface area contributed by atoms with Crippen molar-refractivity contribution in [3.8, 4) is 0 Å². The Balaban J connectivity index is -0.000000382. The van der Waals surface area contributed by atoms with Crippen molar-refractivity contribution in [3.05, 3.63) is 0 Å². The van der Waals surface area contributed by atoms with Crippen molar-refractivity contribution in [2.45, 2.75) is 77.7 Å². The summed E-state index contributed by atoms with van der Waals surface area (Å²) < 4.78 is 26.1. The molecule has 0 aliphatic carbocycles. The van der Waals surface area contributed by atoms with Gasteiger partial charge in [0.2, 0.25) is 0 Å². The summed E-state index contributed by atoms with van der Waals surface area (Å²) in [6.45, 7) is 6.08. The number of unbranched alkanes of at least 4 members (excludes halogenated alkanes) is 2. The zero-order chi connectivity index (χ0) is 17.6. The fourth-order valence-electron chi connectivity index (χ4n) is 1.82. The van der Waals surface area contributed by atoms with Crippen LogP contribution in [0.2, 0.25) is 0 Å². The first-order chi connectivity index (χ1) is 10.2. The van der Waals surface area contributed by atoms with Crippen LogP contribution in [0.25, 0.3) is 0 Å². The van der Waals surface area contributed by atoms with E-state index in [1.54, 1.807) is 0 Å². The van der Waals surface area contributed by atoms with E-state index in [0.29, 0.717) is 0 Å². The van der Waals surface area contributed by atoms with Crippen LogP contribution in [0.4, 0.5) is 0 Å². The van der Waals surface area contributed by atoms with Gasteiger partial charge in [0.25, 0.3) is 0 Å². The van der Waals surface area contributed by atoms with Gasteiger partial charge in [0, 0.05) is 0 Å². The van der Waals surface area contributed by atoms with Crippen molar-refractivity contribution >= 4 is 23.3 Å². The molecular weight excluding hydrogens is 335 g/mol. The fraction of sp³-hybridized carbons (Fsp3) is 0.857. The largest absolute Gasteiger partial charge is 1.00 e. The van der Waals surface area contributed by atoms with Crippen molar-refractivity contribution in [2.24, 2.45) is 0 Å². The first-order valence-corrected chi connectivity index (χ1v) is 8.45. The van der Waals surface area contributed by atoms with Crippen LogP contribution in [0.5, 0.6) is 0 Å². The number of hydrogen-bond donors (Lipinski definition) is 2. The molecule has 0 radical (unpaired) electrons.